The molecule has 4 fully saturated rings. The maximum absolute atomic E-state index is 13.7. The number of aryl methyl sites for hydroxylation is 9. The number of halogens is 4. The lowest BCUT2D eigenvalue weighted by atomic mass is 10.1. The Bertz CT molecular complexity index is 5690. The molecule has 12 heterocycles. The number of aromatic nitrogens is 17. The van der Waals surface area contributed by atoms with Crippen LogP contribution in [0.3, 0.4) is 0 Å². The van der Waals surface area contributed by atoms with Gasteiger partial charge in [0.2, 0.25) is 29.6 Å². The first-order chi connectivity index (χ1) is 59.2. The number of hydrogen-bond donors (Lipinski definition) is 0. The van der Waals surface area contributed by atoms with E-state index in [1.807, 2.05) is 84.0 Å². The minimum Gasteiger partial charge on any atom is -0.497 e. The van der Waals surface area contributed by atoms with Crippen molar-refractivity contribution in [3.63, 3.8) is 0 Å². The zero-order valence-electron chi connectivity index (χ0n) is 71.5. The molecule has 0 aliphatic carbocycles. The van der Waals surface area contributed by atoms with E-state index < -0.39 is 0 Å². The lowest BCUT2D eigenvalue weighted by Crippen LogP contribution is -2.50. The van der Waals surface area contributed by atoms with Crippen LogP contribution in [-0.2, 0) is 45.4 Å². The predicted molar refractivity (Wildman–Crippen MR) is 459 cm³/mol. The van der Waals surface area contributed by atoms with E-state index in [2.05, 4.69) is 113 Å². The first kappa shape index (κ1) is 87.4. The molecule has 4 aliphatic heterocycles. The molecule has 0 N–H and O–H groups in total. The Labute approximate surface area is 712 Å². The first-order valence-electron chi connectivity index (χ1n) is 41.2. The molecule has 0 bridgehead atoms. The van der Waals surface area contributed by atoms with Gasteiger partial charge in [-0.2, -0.15) is 20.4 Å². The van der Waals surface area contributed by atoms with Crippen molar-refractivity contribution < 1.29 is 41.5 Å². The summed E-state index contributed by atoms with van der Waals surface area (Å²) >= 11 is 0. The van der Waals surface area contributed by atoms with E-state index in [9.17, 15) is 36.7 Å². The number of ether oxygens (including phenoxy) is 1. The standard InChI is InChI=1S/C25H31FN6O.C22H25FN6O2.C22H25FN6O.C20H22FN7O/c1-5-18(3)25-28-24(20-6-7-21(26)19(4)15-20)29-32(25)16-23(33)31-12-10-30(11-13-31)22-14-17(2)8-9-27-22;1-15-12-17(4-5-19(15)23)22-25-16(2)29(26-22)14-21(30)28-10-8-27(9-11-28)20-13-18(31-3)6-7-24-20;1-15-6-7-24-20(12-15)27-8-10-28(11-9-27)21(30)14-29-17(3)25-22(26-29)18-4-5-19(23)16(2)13-18;1-14-12-16(4-5-17(14)21)19-24-15(2)28(25-19)13-18(29)26-8-10-27(11-9-26)20-22-6-3-7-23-20/h6-9,14-15,18H,5,10-13,16H2,1-4H3;4-7,12-13H,8-11,14H2,1-3H3;4-7,12-13H,8-11,14H2,1-3H3;3-7,12H,8-11,13H2,1-2H3. The Balaban J connectivity index is 0.000000141. The second kappa shape index (κ2) is 39.8. The maximum atomic E-state index is 13.7. The number of amides is 4. The monoisotopic (exact) mass is 1680 g/mol. The van der Waals surface area contributed by atoms with Gasteiger partial charge in [-0.25, -0.2) is 81.1 Å². The number of pyridine rings is 3. The zero-order chi connectivity index (χ0) is 87.1. The number of benzene rings is 4. The summed E-state index contributed by atoms with van der Waals surface area (Å²) in [6, 6.07) is 32.8. The van der Waals surface area contributed by atoms with Gasteiger partial charge in [0.25, 0.3) is 0 Å². The fourth-order valence-corrected chi connectivity index (χ4v) is 14.5. The van der Waals surface area contributed by atoms with Crippen LogP contribution >= 0.6 is 0 Å². The Kier molecular flexibility index (Phi) is 28.3. The van der Waals surface area contributed by atoms with Crippen LogP contribution in [0.1, 0.15) is 82.9 Å². The van der Waals surface area contributed by atoms with Crippen molar-refractivity contribution in [1.82, 2.24) is 104 Å². The number of methoxy groups -OCH3 is 1. The molecule has 34 heteroatoms. The summed E-state index contributed by atoms with van der Waals surface area (Å²) in [5.74, 6) is 8.08. The highest BCUT2D eigenvalue weighted by Crippen LogP contribution is 2.29. The van der Waals surface area contributed by atoms with Gasteiger partial charge < -0.3 is 43.9 Å². The minimum atomic E-state index is -0.265. The van der Waals surface area contributed by atoms with Crippen LogP contribution in [0.4, 0.5) is 41.0 Å². The molecule has 4 saturated heterocycles. The molecule has 0 radical (unpaired) electrons. The van der Waals surface area contributed by atoms with Crippen LogP contribution in [0.15, 0.2) is 146 Å². The Morgan fingerprint density at radius 1 is 0.358 bits per heavy atom. The molecule has 4 aliphatic rings. The molecule has 4 amide bonds. The van der Waals surface area contributed by atoms with Gasteiger partial charge >= 0.3 is 0 Å². The molecule has 0 saturated carbocycles. The number of piperazine rings is 4. The summed E-state index contributed by atoms with van der Waals surface area (Å²) in [7, 11) is 1.63. The third kappa shape index (κ3) is 22.0. The number of anilines is 4. The Hall–Kier alpha value is -13.4. The maximum Gasteiger partial charge on any atom is 0.244 e. The van der Waals surface area contributed by atoms with Crippen LogP contribution in [0.2, 0.25) is 0 Å². The van der Waals surface area contributed by atoms with Crippen LogP contribution in [0, 0.1) is 85.6 Å². The largest absolute Gasteiger partial charge is 0.497 e. The van der Waals surface area contributed by atoms with Crippen LogP contribution in [0.5, 0.6) is 5.75 Å². The molecular formula is C89H103F4N25O5. The van der Waals surface area contributed by atoms with Crippen molar-refractivity contribution >= 4 is 47.0 Å². The number of nitrogens with zero attached hydrogens (tertiary/aromatic N) is 25. The summed E-state index contributed by atoms with van der Waals surface area (Å²) < 4.78 is 66.1. The molecule has 16 rings (SSSR count). The van der Waals surface area contributed by atoms with Crippen molar-refractivity contribution in [2.24, 2.45) is 0 Å². The quantitative estimate of drug-likeness (QED) is 0.0680. The van der Waals surface area contributed by atoms with E-state index in [4.69, 9.17) is 9.72 Å². The number of carbonyl (C=O) groups is 4. The first-order valence-corrected chi connectivity index (χ1v) is 41.2. The minimum absolute atomic E-state index is 0.00605. The van der Waals surface area contributed by atoms with Gasteiger partial charge in [-0.05, 0) is 211 Å². The van der Waals surface area contributed by atoms with Crippen LogP contribution < -0.4 is 24.3 Å². The topological polar surface area (TPSA) is 291 Å². The van der Waals surface area contributed by atoms with Gasteiger partial charge in [-0.15, -0.1) is 0 Å². The highest BCUT2D eigenvalue weighted by molar-refractivity contribution is 5.78. The van der Waals surface area contributed by atoms with Crippen molar-refractivity contribution in [3.05, 3.63) is 226 Å². The molecule has 0 spiro atoms. The lowest BCUT2D eigenvalue weighted by molar-refractivity contribution is -0.133. The Morgan fingerprint density at radius 3 is 0.976 bits per heavy atom. The molecule has 1 atom stereocenters. The SMILES string of the molecule is CCC(C)c1nc(-c2ccc(F)c(C)c2)nn1CC(=O)N1CCN(c2cc(C)ccn2)CC1.COc1ccnc(N2CCN(C(=O)Cn3nc(-c4ccc(F)c(C)c4)nc3C)CC2)c1.Cc1cc(-c2nc(C)n(CC(=O)N3CCN(c4ncccn4)CC3)n2)ccc1F.Cc1ccnc(N2CCN(C(=O)Cn3nc(-c4ccc(F)c(C)c4)nc3C)CC2)c1. The van der Waals surface area contributed by atoms with Crippen molar-refractivity contribution in [2.45, 2.75) is 115 Å². The van der Waals surface area contributed by atoms with Gasteiger partial charge in [0, 0.05) is 170 Å². The van der Waals surface area contributed by atoms with Crippen molar-refractivity contribution in [3.8, 4) is 51.3 Å². The zero-order valence-corrected chi connectivity index (χ0v) is 71.5. The van der Waals surface area contributed by atoms with Crippen molar-refractivity contribution in [1.29, 1.82) is 0 Å². The summed E-state index contributed by atoms with van der Waals surface area (Å²) in [5, 5.41) is 18.0. The third-order valence-corrected chi connectivity index (χ3v) is 22.2. The van der Waals surface area contributed by atoms with E-state index in [1.165, 1.54) is 35.4 Å². The van der Waals surface area contributed by atoms with Crippen LogP contribution in [-0.4, -0.2) is 239 Å². The highest BCUT2D eigenvalue weighted by Gasteiger charge is 2.30. The van der Waals surface area contributed by atoms with E-state index in [1.54, 1.807) is 127 Å². The molecule has 642 valence electrons. The second-order valence-electron chi connectivity index (χ2n) is 31.0. The van der Waals surface area contributed by atoms with Crippen LogP contribution in [0.25, 0.3) is 45.6 Å². The fraction of sp³-hybridized carbons (Fsp3) is 0.382. The lowest BCUT2D eigenvalue weighted by Gasteiger charge is -2.35. The number of carbonyl (C=O) groups excluding carboxylic acids is 4. The Morgan fingerprint density at radius 2 is 0.659 bits per heavy atom. The summed E-state index contributed by atoms with van der Waals surface area (Å²) in [4.78, 5) is 107. The molecule has 30 nitrogen and oxygen atoms in total. The summed E-state index contributed by atoms with van der Waals surface area (Å²) in [6.07, 6.45) is 9.68. The van der Waals surface area contributed by atoms with E-state index in [-0.39, 0.29) is 79.0 Å². The molecule has 12 aromatic rings. The van der Waals surface area contributed by atoms with Gasteiger partial charge in [0.15, 0.2) is 23.3 Å². The number of hydrogen-bond acceptors (Lipinski definition) is 22. The van der Waals surface area contributed by atoms with Gasteiger partial charge in [-0.1, -0.05) is 13.8 Å². The summed E-state index contributed by atoms with van der Waals surface area (Å²) in [5.41, 5.74) is 7.46. The molecule has 1 unspecified atom stereocenters. The average Bonchev–Trinajstić information content (AvgIpc) is 1.67. The third-order valence-electron chi connectivity index (χ3n) is 22.2. The predicted octanol–water partition coefficient (Wildman–Crippen LogP) is 11.0. The smallest absolute Gasteiger partial charge is 0.244 e. The number of rotatable bonds is 19. The van der Waals surface area contributed by atoms with E-state index in [0.717, 1.165) is 83.9 Å². The molecule has 123 heavy (non-hydrogen) atoms. The van der Waals surface area contributed by atoms with E-state index >= 15 is 0 Å². The second-order valence-corrected chi connectivity index (χ2v) is 31.0. The molecular weight excluding hydrogens is 1580 g/mol. The van der Waals surface area contributed by atoms with E-state index in [0.29, 0.717) is 148 Å². The normalized spacial score (nSPS) is 14.4. The molecule has 4 aromatic carbocycles. The van der Waals surface area contributed by atoms with Gasteiger partial charge in [0.1, 0.15) is 95.9 Å². The molecule has 8 aromatic heterocycles. The van der Waals surface area contributed by atoms with Crippen molar-refractivity contribution in [2.75, 3.05) is 131 Å². The summed E-state index contributed by atoms with van der Waals surface area (Å²) in [6.45, 7) is 31.9. The average molecular weight is 1680 g/mol. The fourth-order valence-electron chi connectivity index (χ4n) is 14.5. The highest BCUT2D eigenvalue weighted by atomic mass is 19.1. The van der Waals surface area contributed by atoms with Gasteiger partial charge in [-0.3, -0.25) is 19.2 Å². The van der Waals surface area contributed by atoms with Gasteiger partial charge in [0.05, 0.1) is 7.11 Å².